The minimum absolute atomic E-state index is 0.263. The number of ether oxygens (including phenoxy) is 1. The average Bonchev–Trinajstić information content (AvgIpc) is 2.28. The average molecular weight is 210 g/mol. The molecule has 0 aliphatic rings. The second kappa shape index (κ2) is 5.80. The van der Waals surface area contributed by atoms with Crippen LogP contribution in [-0.2, 0) is 10.3 Å². The number of aliphatic hydroxyl groups is 1. The molecule has 1 heterocycles. The van der Waals surface area contributed by atoms with E-state index in [0.29, 0.717) is 13.0 Å². The van der Waals surface area contributed by atoms with Gasteiger partial charge in [0, 0.05) is 25.1 Å². The van der Waals surface area contributed by atoms with Gasteiger partial charge in [-0.05, 0) is 25.5 Å². The molecule has 0 radical (unpaired) electrons. The lowest BCUT2D eigenvalue weighted by molar-refractivity contribution is -0.0432. The third-order valence-corrected chi connectivity index (χ3v) is 2.38. The predicted molar refractivity (Wildman–Crippen MR) is 58.3 cm³/mol. The third-order valence-electron chi connectivity index (χ3n) is 2.38. The smallest absolute Gasteiger partial charge is 0.114 e. The van der Waals surface area contributed by atoms with Crippen LogP contribution < -0.4 is 5.73 Å². The minimum atomic E-state index is -0.970. The van der Waals surface area contributed by atoms with Gasteiger partial charge < -0.3 is 15.6 Å². The van der Waals surface area contributed by atoms with Gasteiger partial charge in [0.05, 0.1) is 6.61 Å². The standard InChI is InChI=1S/C11H18N2O2/c1-15-9-11(14,5-3-6-12)10-4-2-7-13-8-10/h2,4,7-8,14H,3,5-6,9,12H2,1H3. The second-order valence-corrected chi connectivity index (χ2v) is 3.60. The maximum atomic E-state index is 10.4. The minimum Gasteiger partial charge on any atom is -0.383 e. The lowest BCUT2D eigenvalue weighted by atomic mass is 9.91. The van der Waals surface area contributed by atoms with Crippen LogP contribution in [0.2, 0.25) is 0 Å². The first-order valence-electron chi connectivity index (χ1n) is 5.05. The van der Waals surface area contributed by atoms with Crippen molar-refractivity contribution in [1.29, 1.82) is 0 Å². The quantitative estimate of drug-likeness (QED) is 0.723. The number of nitrogens with two attached hydrogens (primary N) is 1. The van der Waals surface area contributed by atoms with Crippen molar-refractivity contribution in [2.45, 2.75) is 18.4 Å². The molecule has 1 atom stereocenters. The molecule has 0 aliphatic heterocycles. The Kier molecular flexibility index (Phi) is 4.68. The Morgan fingerprint density at radius 1 is 1.60 bits per heavy atom. The van der Waals surface area contributed by atoms with Crippen molar-refractivity contribution in [2.24, 2.45) is 5.73 Å². The highest BCUT2D eigenvalue weighted by Gasteiger charge is 2.28. The Balaban J connectivity index is 2.80. The van der Waals surface area contributed by atoms with Crippen LogP contribution in [0.1, 0.15) is 18.4 Å². The van der Waals surface area contributed by atoms with Crippen LogP contribution in [0, 0.1) is 0 Å². The van der Waals surface area contributed by atoms with Crippen LogP contribution >= 0.6 is 0 Å². The number of pyridine rings is 1. The van der Waals surface area contributed by atoms with E-state index in [2.05, 4.69) is 4.98 Å². The zero-order chi connectivity index (χ0) is 11.1. The van der Waals surface area contributed by atoms with Gasteiger partial charge in [-0.3, -0.25) is 4.98 Å². The van der Waals surface area contributed by atoms with Crippen molar-refractivity contribution in [1.82, 2.24) is 4.98 Å². The number of nitrogens with zero attached hydrogens (tertiary/aromatic N) is 1. The Hall–Kier alpha value is -0.970. The molecule has 1 unspecified atom stereocenters. The number of hydrogen-bond acceptors (Lipinski definition) is 4. The van der Waals surface area contributed by atoms with Gasteiger partial charge in [-0.1, -0.05) is 6.07 Å². The largest absolute Gasteiger partial charge is 0.383 e. The molecule has 0 spiro atoms. The fourth-order valence-corrected chi connectivity index (χ4v) is 1.57. The summed E-state index contributed by atoms with van der Waals surface area (Å²) in [6, 6.07) is 3.65. The van der Waals surface area contributed by atoms with Gasteiger partial charge in [0.15, 0.2) is 0 Å². The Bertz CT molecular complexity index is 279. The first kappa shape index (κ1) is 12.1. The van der Waals surface area contributed by atoms with Gasteiger partial charge in [0.1, 0.15) is 5.60 Å². The molecule has 0 amide bonds. The van der Waals surface area contributed by atoms with Crippen molar-refractivity contribution < 1.29 is 9.84 Å². The lowest BCUT2D eigenvalue weighted by Gasteiger charge is -2.27. The summed E-state index contributed by atoms with van der Waals surface area (Å²) in [5.41, 5.74) is 5.25. The molecule has 1 rings (SSSR count). The Labute approximate surface area is 90.1 Å². The van der Waals surface area contributed by atoms with E-state index in [9.17, 15) is 5.11 Å². The number of methoxy groups -OCH3 is 1. The monoisotopic (exact) mass is 210 g/mol. The van der Waals surface area contributed by atoms with E-state index in [4.69, 9.17) is 10.5 Å². The molecule has 3 N–H and O–H groups in total. The molecule has 1 aromatic rings. The van der Waals surface area contributed by atoms with Crippen LogP contribution in [0.4, 0.5) is 0 Å². The van der Waals surface area contributed by atoms with Crippen molar-refractivity contribution >= 4 is 0 Å². The van der Waals surface area contributed by atoms with E-state index >= 15 is 0 Å². The summed E-state index contributed by atoms with van der Waals surface area (Å²) in [5.74, 6) is 0. The maximum Gasteiger partial charge on any atom is 0.114 e. The maximum absolute atomic E-state index is 10.4. The summed E-state index contributed by atoms with van der Waals surface area (Å²) in [5, 5.41) is 10.4. The molecular formula is C11H18N2O2. The van der Waals surface area contributed by atoms with E-state index in [1.54, 1.807) is 25.6 Å². The van der Waals surface area contributed by atoms with Crippen LogP contribution in [0.3, 0.4) is 0 Å². The van der Waals surface area contributed by atoms with Crippen molar-refractivity contribution in [3.05, 3.63) is 30.1 Å². The molecule has 4 heteroatoms. The summed E-state index contributed by atoms with van der Waals surface area (Å²) in [7, 11) is 1.57. The SMILES string of the molecule is COCC(O)(CCCN)c1cccnc1. The van der Waals surface area contributed by atoms with Crippen LogP contribution in [0.15, 0.2) is 24.5 Å². The summed E-state index contributed by atoms with van der Waals surface area (Å²) in [6.07, 6.45) is 4.69. The summed E-state index contributed by atoms with van der Waals surface area (Å²) in [4.78, 5) is 3.99. The third kappa shape index (κ3) is 3.27. The molecule has 0 saturated carbocycles. The Morgan fingerprint density at radius 3 is 2.93 bits per heavy atom. The highest BCUT2D eigenvalue weighted by Crippen LogP contribution is 2.25. The molecule has 0 saturated heterocycles. The summed E-state index contributed by atoms with van der Waals surface area (Å²) in [6.45, 7) is 0.824. The van der Waals surface area contributed by atoms with E-state index in [-0.39, 0.29) is 6.61 Å². The lowest BCUT2D eigenvalue weighted by Crippen LogP contribution is -2.32. The highest BCUT2D eigenvalue weighted by molar-refractivity contribution is 5.18. The molecule has 0 aromatic carbocycles. The van der Waals surface area contributed by atoms with Crippen molar-refractivity contribution in [3.63, 3.8) is 0 Å². The number of rotatable bonds is 6. The van der Waals surface area contributed by atoms with E-state index in [1.807, 2.05) is 6.07 Å². The summed E-state index contributed by atoms with van der Waals surface area (Å²) < 4.78 is 5.04. The number of aromatic nitrogens is 1. The molecule has 84 valence electrons. The zero-order valence-electron chi connectivity index (χ0n) is 9.02. The predicted octanol–water partition coefficient (Wildman–Crippen LogP) is 0.654. The fourth-order valence-electron chi connectivity index (χ4n) is 1.57. The van der Waals surface area contributed by atoms with E-state index < -0.39 is 5.60 Å². The number of hydrogen-bond donors (Lipinski definition) is 2. The van der Waals surface area contributed by atoms with Gasteiger partial charge in [0.2, 0.25) is 0 Å². The zero-order valence-corrected chi connectivity index (χ0v) is 9.02. The second-order valence-electron chi connectivity index (χ2n) is 3.60. The first-order valence-corrected chi connectivity index (χ1v) is 5.05. The van der Waals surface area contributed by atoms with Crippen LogP contribution in [-0.4, -0.2) is 30.4 Å². The molecule has 0 aliphatic carbocycles. The van der Waals surface area contributed by atoms with Gasteiger partial charge in [-0.15, -0.1) is 0 Å². The summed E-state index contributed by atoms with van der Waals surface area (Å²) >= 11 is 0. The van der Waals surface area contributed by atoms with E-state index in [0.717, 1.165) is 12.0 Å². The molecule has 15 heavy (non-hydrogen) atoms. The van der Waals surface area contributed by atoms with Crippen LogP contribution in [0.25, 0.3) is 0 Å². The van der Waals surface area contributed by atoms with E-state index in [1.165, 1.54) is 0 Å². The topological polar surface area (TPSA) is 68.4 Å². The highest BCUT2D eigenvalue weighted by atomic mass is 16.5. The molecule has 1 aromatic heterocycles. The van der Waals surface area contributed by atoms with Gasteiger partial charge in [-0.25, -0.2) is 0 Å². The molecule has 0 fully saturated rings. The van der Waals surface area contributed by atoms with Gasteiger partial charge in [-0.2, -0.15) is 0 Å². The first-order chi connectivity index (χ1) is 7.23. The van der Waals surface area contributed by atoms with Gasteiger partial charge in [0.25, 0.3) is 0 Å². The van der Waals surface area contributed by atoms with Gasteiger partial charge >= 0.3 is 0 Å². The Morgan fingerprint density at radius 2 is 2.40 bits per heavy atom. The van der Waals surface area contributed by atoms with Crippen molar-refractivity contribution in [3.8, 4) is 0 Å². The van der Waals surface area contributed by atoms with Crippen molar-refractivity contribution in [2.75, 3.05) is 20.3 Å². The molecule has 0 bridgehead atoms. The molecular weight excluding hydrogens is 192 g/mol. The fraction of sp³-hybridized carbons (Fsp3) is 0.545. The molecule has 4 nitrogen and oxygen atoms in total. The normalized spacial score (nSPS) is 14.9. The van der Waals surface area contributed by atoms with Crippen LogP contribution in [0.5, 0.6) is 0 Å².